The van der Waals surface area contributed by atoms with Gasteiger partial charge in [0.05, 0.1) is 23.8 Å². The molecule has 25 heavy (non-hydrogen) atoms. The topological polar surface area (TPSA) is 88.8 Å². The van der Waals surface area contributed by atoms with E-state index in [9.17, 15) is 14.7 Å². The number of rotatable bonds is 5. The van der Waals surface area contributed by atoms with Crippen LogP contribution in [0.1, 0.15) is 51.2 Å². The minimum absolute atomic E-state index is 0.267. The summed E-state index contributed by atoms with van der Waals surface area (Å²) in [7, 11) is 0. The second-order valence-corrected chi connectivity index (χ2v) is 8.31. The Balaban J connectivity index is 1.37. The van der Waals surface area contributed by atoms with Crippen molar-refractivity contribution in [2.24, 2.45) is 17.3 Å². The van der Waals surface area contributed by atoms with Gasteiger partial charge in [-0.15, -0.1) is 0 Å². The summed E-state index contributed by atoms with van der Waals surface area (Å²) in [5.74, 6) is 0.799. The lowest BCUT2D eigenvalue weighted by atomic mass is 9.48. The van der Waals surface area contributed by atoms with Crippen molar-refractivity contribution in [3.8, 4) is 0 Å². The van der Waals surface area contributed by atoms with Gasteiger partial charge in [0.15, 0.2) is 6.10 Å². The van der Waals surface area contributed by atoms with E-state index in [0.29, 0.717) is 24.0 Å². The number of hydrogen-bond donors (Lipinski definition) is 2. The Morgan fingerprint density at radius 1 is 1.36 bits per heavy atom. The number of esters is 1. The molecule has 1 aromatic rings. The first-order chi connectivity index (χ1) is 11.9. The second kappa shape index (κ2) is 5.87. The van der Waals surface area contributed by atoms with Crippen LogP contribution in [-0.2, 0) is 20.9 Å². The van der Waals surface area contributed by atoms with Crippen LogP contribution in [0.15, 0.2) is 22.8 Å². The molecule has 0 aliphatic heterocycles. The van der Waals surface area contributed by atoms with Crippen molar-refractivity contribution in [3.05, 3.63) is 24.2 Å². The van der Waals surface area contributed by atoms with Gasteiger partial charge >= 0.3 is 5.97 Å². The fourth-order valence-corrected chi connectivity index (χ4v) is 5.52. The van der Waals surface area contributed by atoms with E-state index in [1.165, 1.54) is 0 Å². The van der Waals surface area contributed by atoms with E-state index in [-0.39, 0.29) is 18.4 Å². The highest BCUT2D eigenvalue weighted by atomic mass is 16.5. The number of hydrogen-bond acceptors (Lipinski definition) is 5. The van der Waals surface area contributed by atoms with Gasteiger partial charge in [0.2, 0.25) is 0 Å². The van der Waals surface area contributed by atoms with Gasteiger partial charge in [-0.3, -0.25) is 9.59 Å². The van der Waals surface area contributed by atoms with Crippen molar-refractivity contribution in [2.45, 2.75) is 63.7 Å². The Labute approximate surface area is 146 Å². The van der Waals surface area contributed by atoms with E-state index in [2.05, 4.69) is 5.32 Å². The van der Waals surface area contributed by atoms with Crippen LogP contribution in [0.5, 0.6) is 0 Å². The standard InChI is InChI=1S/C19H25NO5/c1-12(16(21)20-10-15-3-2-4-24-15)25-17(22)18-6-13-5-14(7-18)9-19(23,8-13)11-18/h2-4,12-14,23H,5-11H2,1H3,(H,20,21)/t12-,13-,14+,18?,19?/m0/s1. The summed E-state index contributed by atoms with van der Waals surface area (Å²) in [6.45, 7) is 1.85. The third kappa shape index (κ3) is 3.08. The van der Waals surface area contributed by atoms with Gasteiger partial charge in [-0.25, -0.2) is 0 Å². The molecule has 0 spiro atoms. The summed E-state index contributed by atoms with van der Waals surface area (Å²) in [5, 5.41) is 13.5. The molecule has 0 aromatic carbocycles. The fraction of sp³-hybridized carbons (Fsp3) is 0.684. The molecule has 6 nitrogen and oxygen atoms in total. The normalized spacial score (nSPS) is 36.9. The van der Waals surface area contributed by atoms with Crippen molar-refractivity contribution in [2.75, 3.05) is 0 Å². The first kappa shape index (κ1) is 16.6. The maximum absolute atomic E-state index is 12.9. The predicted molar refractivity (Wildman–Crippen MR) is 88.2 cm³/mol. The van der Waals surface area contributed by atoms with Crippen molar-refractivity contribution < 1.29 is 23.8 Å². The van der Waals surface area contributed by atoms with Crippen LogP contribution >= 0.6 is 0 Å². The first-order valence-electron chi connectivity index (χ1n) is 9.11. The second-order valence-electron chi connectivity index (χ2n) is 8.31. The summed E-state index contributed by atoms with van der Waals surface area (Å²) >= 11 is 0. The molecule has 1 heterocycles. The Morgan fingerprint density at radius 2 is 2.08 bits per heavy atom. The van der Waals surface area contributed by atoms with Crippen LogP contribution in [0.3, 0.4) is 0 Å². The van der Waals surface area contributed by atoms with Crippen LogP contribution in [0.25, 0.3) is 0 Å². The van der Waals surface area contributed by atoms with Crippen LogP contribution in [0.2, 0.25) is 0 Å². The average molecular weight is 347 g/mol. The number of nitrogens with one attached hydrogen (secondary N) is 1. The Kier molecular flexibility index (Phi) is 3.90. The van der Waals surface area contributed by atoms with E-state index < -0.39 is 17.1 Å². The maximum Gasteiger partial charge on any atom is 0.312 e. The number of carbonyl (C=O) groups is 2. The smallest absolute Gasteiger partial charge is 0.312 e. The highest BCUT2D eigenvalue weighted by Gasteiger charge is 2.61. The highest BCUT2D eigenvalue weighted by Crippen LogP contribution is 2.62. The largest absolute Gasteiger partial charge is 0.467 e. The lowest BCUT2D eigenvalue weighted by Gasteiger charge is -2.58. The molecule has 4 fully saturated rings. The third-order valence-corrected chi connectivity index (χ3v) is 6.13. The van der Waals surface area contributed by atoms with Crippen molar-refractivity contribution in [1.82, 2.24) is 5.32 Å². The molecule has 4 saturated carbocycles. The van der Waals surface area contributed by atoms with Crippen LogP contribution in [0.4, 0.5) is 0 Å². The zero-order valence-electron chi connectivity index (χ0n) is 14.5. The molecule has 136 valence electrons. The molecular formula is C19H25NO5. The van der Waals surface area contributed by atoms with E-state index in [1.807, 2.05) is 0 Å². The number of amides is 1. The first-order valence-corrected chi connectivity index (χ1v) is 9.11. The Bertz CT molecular complexity index is 653. The lowest BCUT2D eigenvalue weighted by Crippen LogP contribution is -2.59. The molecular weight excluding hydrogens is 322 g/mol. The molecule has 6 heteroatoms. The lowest BCUT2D eigenvalue weighted by molar-refractivity contribution is -0.200. The van der Waals surface area contributed by atoms with Crippen molar-refractivity contribution >= 4 is 11.9 Å². The van der Waals surface area contributed by atoms with Gasteiger partial charge in [0.1, 0.15) is 5.76 Å². The van der Waals surface area contributed by atoms with Crippen LogP contribution in [0, 0.1) is 17.3 Å². The predicted octanol–water partition coefficient (Wildman–Crippen LogP) is 2.16. The summed E-state index contributed by atoms with van der Waals surface area (Å²) in [5.41, 5.74) is -1.32. The van der Waals surface area contributed by atoms with Crippen molar-refractivity contribution in [1.29, 1.82) is 0 Å². The maximum atomic E-state index is 12.9. The third-order valence-electron chi connectivity index (χ3n) is 6.13. The van der Waals surface area contributed by atoms with Crippen LogP contribution < -0.4 is 5.32 Å². The molecule has 4 aliphatic rings. The minimum Gasteiger partial charge on any atom is -0.467 e. The summed E-state index contributed by atoms with van der Waals surface area (Å²) in [4.78, 5) is 25.0. The van der Waals surface area contributed by atoms with E-state index in [1.54, 1.807) is 25.3 Å². The zero-order valence-corrected chi connectivity index (χ0v) is 14.5. The molecule has 4 bridgehead atoms. The van der Waals surface area contributed by atoms with E-state index in [0.717, 1.165) is 32.1 Å². The molecule has 1 amide bonds. The van der Waals surface area contributed by atoms with Gasteiger partial charge in [0.25, 0.3) is 5.91 Å². The summed E-state index contributed by atoms with van der Waals surface area (Å²) < 4.78 is 10.7. The Morgan fingerprint density at radius 3 is 2.68 bits per heavy atom. The zero-order chi connectivity index (χ0) is 17.7. The summed E-state index contributed by atoms with van der Waals surface area (Å²) in [6.07, 6.45) is 5.45. The van der Waals surface area contributed by atoms with Gasteiger partial charge in [0, 0.05) is 0 Å². The van der Waals surface area contributed by atoms with Crippen LogP contribution in [-0.4, -0.2) is 28.7 Å². The quantitative estimate of drug-likeness (QED) is 0.797. The number of furan rings is 1. The highest BCUT2D eigenvalue weighted by molar-refractivity contribution is 5.85. The van der Waals surface area contributed by atoms with Gasteiger partial charge in [-0.2, -0.15) is 0 Å². The SMILES string of the molecule is C[C@H](OC(=O)C12C[C@@H]3C[C@@H](CC(O)(C3)C1)C2)C(=O)NCc1ccco1. The summed E-state index contributed by atoms with van der Waals surface area (Å²) in [6, 6.07) is 3.52. The Hall–Kier alpha value is -1.82. The molecule has 5 rings (SSSR count). The average Bonchev–Trinajstić information content (AvgIpc) is 3.03. The van der Waals surface area contributed by atoms with Gasteiger partial charge in [-0.1, -0.05) is 0 Å². The molecule has 0 radical (unpaired) electrons. The van der Waals surface area contributed by atoms with E-state index >= 15 is 0 Å². The van der Waals surface area contributed by atoms with Crippen molar-refractivity contribution in [3.63, 3.8) is 0 Å². The molecule has 2 N–H and O–H groups in total. The monoisotopic (exact) mass is 347 g/mol. The molecule has 4 aliphatic carbocycles. The fourth-order valence-electron chi connectivity index (χ4n) is 5.52. The number of ether oxygens (including phenoxy) is 1. The van der Waals surface area contributed by atoms with Gasteiger partial charge in [-0.05, 0) is 69.4 Å². The number of carbonyl (C=O) groups excluding carboxylic acids is 2. The number of aliphatic hydroxyl groups is 1. The molecule has 0 saturated heterocycles. The van der Waals surface area contributed by atoms with E-state index in [4.69, 9.17) is 9.15 Å². The molecule has 2 unspecified atom stereocenters. The van der Waals surface area contributed by atoms with Gasteiger partial charge < -0.3 is 19.6 Å². The molecule has 5 atom stereocenters. The molecule has 1 aromatic heterocycles. The minimum atomic E-state index is -0.856.